The van der Waals surface area contributed by atoms with Crippen LogP contribution in [-0.2, 0) is 27.2 Å². The Balaban J connectivity index is 2.71. The zero-order chi connectivity index (χ0) is 18.3. The Bertz CT molecular complexity index is 389. The highest BCUT2D eigenvalue weighted by Gasteiger charge is 2.48. The fourth-order valence-corrected chi connectivity index (χ4v) is 5.32. The van der Waals surface area contributed by atoms with Crippen LogP contribution in [0, 0.1) is 5.41 Å². The molecule has 24 heavy (non-hydrogen) atoms. The summed E-state index contributed by atoms with van der Waals surface area (Å²) in [6.45, 7) is 13.6. The number of unbranched alkanes of at least 4 members (excludes halogenated alkanes) is 2. The molecule has 0 aromatic heterocycles. The summed E-state index contributed by atoms with van der Waals surface area (Å²) in [5.41, 5.74) is -0.0364. The zero-order valence-corrected chi connectivity index (χ0v) is 17.8. The van der Waals surface area contributed by atoms with E-state index >= 15 is 0 Å². The van der Waals surface area contributed by atoms with Crippen LogP contribution in [0.1, 0.15) is 67.2 Å². The molecule has 1 fully saturated rings. The average molecular weight is 384 g/mol. The van der Waals surface area contributed by atoms with E-state index in [1.165, 1.54) is 0 Å². The van der Waals surface area contributed by atoms with Crippen molar-refractivity contribution < 1.29 is 27.2 Å². The van der Waals surface area contributed by atoms with E-state index in [0.29, 0.717) is 26.4 Å². The molecule has 0 atom stereocenters. The first-order valence-corrected chi connectivity index (χ1v) is 11.4. The Kier molecular flexibility index (Phi) is 9.34. The molecule has 0 bridgehead atoms. The predicted octanol–water partition coefficient (Wildman–Crippen LogP) is 5.87. The SMILES string of the molecule is CCCCOP(=O)(OCCCC)C(C)(C)OP1OCC(C)(C)CO1. The summed E-state index contributed by atoms with van der Waals surface area (Å²) in [4.78, 5) is 0. The van der Waals surface area contributed by atoms with E-state index in [0.717, 1.165) is 25.7 Å². The lowest BCUT2D eigenvalue weighted by molar-refractivity contribution is 0.00497. The van der Waals surface area contributed by atoms with Crippen molar-refractivity contribution in [3.63, 3.8) is 0 Å². The minimum absolute atomic E-state index is 0.0364. The number of hydrogen-bond donors (Lipinski definition) is 0. The molecule has 8 heteroatoms. The molecule has 0 amide bonds. The molecule has 0 N–H and O–H groups in total. The van der Waals surface area contributed by atoms with Gasteiger partial charge in [0.25, 0.3) is 0 Å². The van der Waals surface area contributed by atoms with Crippen molar-refractivity contribution in [3.8, 4) is 0 Å². The molecule has 144 valence electrons. The van der Waals surface area contributed by atoms with Gasteiger partial charge in [-0.25, -0.2) is 0 Å². The molecule has 1 aliphatic rings. The van der Waals surface area contributed by atoms with Crippen molar-refractivity contribution in [2.75, 3.05) is 26.4 Å². The summed E-state index contributed by atoms with van der Waals surface area (Å²) in [6, 6.07) is 0. The van der Waals surface area contributed by atoms with Crippen LogP contribution >= 0.6 is 16.2 Å². The second-order valence-corrected chi connectivity index (χ2v) is 11.1. The summed E-state index contributed by atoms with van der Waals surface area (Å²) in [5, 5.41) is -1.12. The summed E-state index contributed by atoms with van der Waals surface area (Å²) < 4.78 is 41.9. The molecule has 1 aliphatic heterocycles. The van der Waals surface area contributed by atoms with Crippen molar-refractivity contribution in [1.29, 1.82) is 0 Å². The largest absolute Gasteiger partial charge is 0.362 e. The first-order chi connectivity index (χ1) is 11.2. The summed E-state index contributed by atoms with van der Waals surface area (Å²) in [5.74, 6) is 0. The van der Waals surface area contributed by atoms with Gasteiger partial charge in [-0.2, -0.15) is 0 Å². The second-order valence-electron chi connectivity index (χ2n) is 7.34. The van der Waals surface area contributed by atoms with Crippen LogP contribution in [0.25, 0.3) is 0 Å². The van der Waals surface area contributed by atoms with Gasteiger partial charge in [-0.15, -0.1) is 0 Å². The maximum atomic E-state index is 13.3. The third-order valence-corrected chi connectivity index (χ3v) is 7.48. The van der Waals surface area contributed by atoms with E-state index in [1.807, 2.05) is 0 Å². The molecule has 1 heterocycles. The van der Waals surface area contributed by atoms with Crippen molar-refractivity contribution in [2.45, 2.75) is 72.6 Å². The van der Waals surface area contributed by atoms with E-state index in [-0.39, 0.29) is 5.41 Å². The van der Waals surface area contributed by atoms with Crippen molar-refractivity contribution in [1.82, 2.24) is 0 Å². The van der Waals surface area contributed by atoms with Gasteiger partial charge in [-0.3, -0.25) is 9.09 Å². The van der Waals surface area contributed by atoms with Gasteiger partial charge < -0.3 is 18.1 Å². The maximum absolute atomic E-state index is 13.3. The highest BCUT2D eigenvalue weighted by molar-refractivity contribution is 7.56. The quantitative estimate of drug-likeness (QED) is 0.328. The first-order valence-electron chi connectivity index (χ1n) is 8.80. The lowest BCUT2D eigenvalue weighted by Crippen LogP contribution is -2.32. The van der Waals surface area contributed by atoms with Crippen LogP contribution in [0.5, 0.6) is 0 Å². The lowest BCUT2D eigenvalue weighted by Gasteiger charge is -2.38. The van der Waals surface area contributed by atoms with Crippen LogP contribution in [0.3, 0.4) is 0 Å². The molecule has 0 radical (unpaired) electrons. The molecular formula is C16H34O6P2. The van der Waals surface area contributed by atoms with Gasteiger partial charge in [0.2, 0.25) is 0 Å². The molecule has 0 aromatic carbocycles. The zero-order valence-electron chi connectivity index (χ0n) is 16.0. The molecule has 6 nitrogen and oxygen atoms in total. The van der Waals surface area contributed by atoms with Crippen LogP contribution in [0.2, 0.25) is 0 Å². The maximum Gasteiger partial charge on any atom is 0.362 e. The molecule has 1 saturated heterocycles. The van der Waals surface area contributed by atoms with E-state index in [9.17, 15) is 4.57 Å². The highest BCUT2D eigenvalue weighted by Crippen LogP contribution is 2.65. The smallest absolute Gasteiger partial charge is 0.312 e. The average Bonchev–Trinajstić information content (AvgIpc) is 2.50. The Morgan fingerprint density at radius 1 is 1.04 bits per heavy atom. The molecule has 0 spiro atoms. The standard InChI is InChI=1S/C16H34O6P2/c1-7-9-11-20-24(17,21-12-10-8-2)16(5,6)22-23-18-13-15(3,4)14-19-23/h7-14H2,1-6H3. The van der Waals surface area contributed by atoms with Crippen molar-refractivity contribution >= 4 is 16.2 Å². The highest BCUT2D eigenvalue weighted by atomic mass is 31.2. The van der Waals surface area contributed by atoms with Crippen LogP contribution < -0.4 is 0 Å². The van der Waals surface area contributed by atoms with Crippen molar-refractivity contribution in [3.05, 3.63) is 0 Å². The first kappa shape index (κ1) is 22.5. The lowest BCUT2D eigenvalue weighted by atomic mass is 9.97. The minimum Gasteiger partial charge on any atom is -0.312 e. The van der Waals surface area contributed by atoms with E-state index in [4.69, 9.17) is 22.6 Å². The molecule has 0 saturated carbocycles. The third-order valence-electron chi connectivity index (χ3n) is 3.60. The number of rotatable bonds is 11. The molecule has 0 unspecified atom stereocenters. The Morgan fingerprint density at radius 2 is 1.50 bits per heavy atom. The number of hydrogen-bond acceptors (Lipinski definition) is 6. The predicted molar refractivity (Wildman–Crippen MR) is 97.1 cm³/mol. The Labute approximate surface area is 148 Å². The van der Waals surface area contributed by atoms with Crippen molar-refractivity contribution in [2.24, 2.45) is 5.41 Å². The monoisotopic (exact) mass is 384 g/mol. The summed E-state index contributed by atoms with van der Waals surface area (Å²) >= 11 is 0. The van der Waals surface area contributed by atoms with Crippen LogP contribution in [-0.4, -0.2) is 31.8 Å². The van der Waals surface area contributed by atoms with Gasteiger partial charge in [0.1, 0.15) is 0 Å². The normalized spacial score (nSPS) is 19.6. The van der Waals surface area contributed by atoms with Crippen LogP contribution in [0.4, 0.5) is 0 Å². The Hall–Kier alpha value is 0.460. The van der Waals surface area contributed by atoms with Gasteiger partial charge in [-0.1, -0.05) is 40.5 Å². The van der Waals surface area contributed by atoms with Gasteiger partial charge in [0.15, 0.2) is 5.34 Å². The molecule has 0 aliphatic carbocycles. The summed E-state index contributed by atoms with van der Waals surface area (Å²) in [6.07, 6.45) is 3.58. The molecule has 1 rings (SSSR count). The van der Waals surface area contributed by atoms with E-state index in [1.54, 1.807) is 13.8 Å². The topological polar surface area (TPSA) is 63.2 Å². The fraction of sp³-hybridized carbons (Fsp3) is 1.00. The van der Waals surface area contributed by atoms with Crippen LogP contribution in [0.15, 0.2) is 0 Å². The van der Waals surface area contributed by atoms with E-state index < -0.39 is 21.5 Å². The van der Waals surface area contributed by atoms with Gasteiger partial charge in [0.05, 0.1) is 26.4 Å². The van der Waals surface area contributed by atoms with Gasteiger partial charge >= 0.3 is 16.2 Å². The third kappa shape index (κ3) is 6.99. The van der Waals surface area contributed by atoms with E-state index in [2.05, 4.69) is 27.7 Å². The fourth-order valence-electron chi connectivity index (χ4n) is 1.83. The molecule has 0 aromatic rings. The second kappa shape index (κ2) is 9.97. The Morgan fingerprint density at radius 3 is 1.92 bits per heavy atom. The van der Waals surface area contributed by atoms with Gasteiger partial charge in [-0.05, 0) is 26.7 Å². The van der Waals surface area contributed by atoms with Gasteiger partial charge in [0, 0.05) is 5.41 Å². The molecular weight excluding hydrogens is 350 g/mol. The minimum atomic E-state index is -3.45. The summed E-state index contributed by atoms with van der Waals surface area (Å²) in [7, 11) is -5.00.